The lowest BCUT2D eigenvalue weighted by molar-refractivity contribution is -0.143. The second kappa shape index (κ2) is 6.60. The molecule has 4 amide bonds. The quantitative estimate of drug-likeness (QED) is 0.450. The van der Waals surface area contributed by atoms with E-state index in [0.29, 0.717) is 22.8 Å². The molecule has 0 saturated carbocycles. The van der Waals surface area contributed by atoms with E-state index in [1.54, 1.807) is 38.1 Å². The topological polar surface area (TPSA) is 84.0 Å². The Balaban J connectivity index is 2.12. The third-order valence-electron chi connectivity index (χ3n) is 3.39. The van der Waals surface area contributed by atoms with Gasteiger partial charge in [-0.25, -0.2) is 9.69 Å². The number of amides is 4. The van der Waals surface area contributed by atoms with Crippen LogP contribution in [0.4, 0.5) is 4.79 Å². The molecule has 0 unspecified atom stereocenters. The molecule has 1 saturated heterocycles. The van der Waals surface area contributed by atoms with Crippen LogP contribution < -0.4 is 4.74 Å². The standard InChI is InChI=1S/C16H18N2O5/c1-4-23-12-7-5-11(6-8-12)13(19)9-17-14(20)15(21)18(10(2)3)16(17)22/h5-8,10H,4,9H2,1-3H3. The van der Waals surface area contributed by atoms with Crippen molar-refractivity contribution in [3.8, 4) is 5.75 Å². The van der Waals surface area contributed by atoms with Gasteiger partial charge >= 0.3 is 17.8 Å². The molecule has 0 N–H and O–H groups in total. The first kappa shape index (κ1) is 16.7. The van der Waals surface area contributed by atoms with Gasteiger partial charge in [0.25, 0.3) is 0 Å². The summed E-state index contributed by atoms with van der Waals surface area (Å²) in [5.74, 6) is -1.67. The van der Waals surface area contributed by atoms with Crippen LogP contribution in [0.5, 0.6) is 5.75 Å². The van der Waals surface area contributed by atoms with Gasteiger partial charge in [-0.15, -0.1) is 0 Å². The highest BCUT2D eigenvalue weighted by atomic mass is 16.5. The summed E-state index contributed by atoms with van der Waals surface area (Å²) in [6.07, 6.45) is 0. The Morgan fingerprint density at radius 3 is 2.17 bits per heavy atom. The van der Waals surface area contributed by atoms with Crippen molar-refractivity contribution < 1.29 is 23.9 Å². The van der Waals surface area contributed by atoms with E-state index < -0.39 is 36.2 Å². The highest BCUT2D eigenvalue weighted by Gasteiger charge is 2.46. The average Bonchev–Trinajstić information content (AvgIpc) is 2.72. The SMILES string of the molecule is CCOc1ccc(C(=O)CN2C(=O)C(=O)N(C(C)C)C2=O)cc1. The lowest BCUT2D eigenvalue weighted by Crippen LogP contribution is -2.39. The summed E-state index contributed by atoms with van der Waals surface area (Å²) in [5.41, 5.74) is 0.337. The first-order valence-corrected chi connectivity index (χ1v) is 7.31. The summed E-state index contributed by atoms with van der Waals surface area (Å²) in [6, 6.07) is 5.19. The molecular weight excluding hydrogens is 300 g/mol. The van der Waals surface area contributed by atoms with Crippen LogP contribution in [0.1, 0.15) is 31.1 Å². The monoisotopic (exact) mass is 318 g/mol. The summed E-state index contributed by atoms with van der Waals surface area (Å²) in [6.45, 7) is 5.15. The third-order valence-corrected chi connectivity index (χ3v) is 3.39. The summed E-state index contributed by atoms with van der Waals surface area (Å²) < 4.78 is 5.28. The maximum absolute atomic E-state index is 12.2. The second-order valence-corrected chi connectivity index (χ2v) is 5.32. The molecule has 7 nitrogen and oxygen atoms in total. The Hall–Kier alpha value is -2.70. The second-order valence-electron chi connectivity index (χ2n) is 5.32. The van der Waals surface area contributed by atoms with Gasteiger partial charge in [0.05, 0.1) is 13.2 Å². The molecule has 23 heavy (non-hydrogen) atoms. The van der Waals surface area contributed by atoms with Gasteiger partial charge in [0.15, 0.2) is 5.78 Å². The van der Waals surface area contributed by atoms with Crippen molar-refractivity contribution in [1.82, 2.24) is 9.80 Å². The third kappa shape index (κ3) is 3.23. The number of ether oxygens (including phenoxy) is 1. The van der Waals surface area contributed by atoms with E-state index in [-0.39, 0.29) is 0 Å². The molecule has 0 aliphatic carbocycles. The zero-order chi connectivity index (χ0) is 17.1. The van der Waals surface area contributed by atoms with E-state index in [0.717, 1.165) is 4.90 Å². The average molecular weight is 318 g/mol. The minimum Gasteiger partial charge on any atom is -0.494 e. The highest BCUT2D eigenvalue weighted by Crippen LogP contribution is 2.17. The number of urea groups is 1. The van der Waals surface area contributed by atoms with Gasteiger partial charge < -0.3 is 4.74 Å². The van der Waals surface area contributed by atoms with Crippen LogP contribution in [0, 0.1) is 0 Å². The van der Waals surface area contributed by atoms with Crippen molar-refractivity contribution in [2.24, 2.45) is 0 Å². The predicted molar refractivity (Wildman–Crippen MR) is 81.0 cm³/mol. The molecule has 1 aromatic carbocycles. The van der Waals surface area contributed by atoms with Crippen molar-refractivity contribution in [3.05, 3.63) is 29.8 Å². The molecule has 0 spiro atoms. The van der Waals surface area contributed by atoms with Gasteiger partial charge in [-0.2, -0.15) is 0 Å². The number of ketones is 1. The predicted octanol–water partition coefficient (Wildman–Crippen LogP) is 1.47. The van der Waals surface area contributed by atoms with E-state index in [1.165, 1.54) is 0 Å². The summed E-state index contributed by atoms with van der Waals surface area (Å²) in [5, 5.41) is 0. The van der Waals surface area contributed by atoms with Crippen molar-refractivity contribution in [1.29, 1.82) is 0 Å². The largest absolute Gasteiger partial charge is 0.494 e. The maximum Gasteiger partial charge on any atom is 0.334 e. The summed E-state index contributed by atoms with van der Waals surface area (Å²) in [7, 11) is 0. The van der Waals surface area contributed by atoms with E-state index in [9.17, 15) is 19.2 Å². The first-order chi connectivity index (χ1) is 10.9. The van der Waals surface area contributed by atoms with Gasteiger partial charge in [0.1, 0.15) is 5.75 Å². The zero-order valence-corrected chi connectivity index (χ0v) is 13.2. The zero-order valence-electron chi connectivity index (χ0n) is 13.2. The number of hydrogen-bond donors (Lipinski definition) is 0. The van der Waals surface area contributed by atoms with Crippen LogP contribution >= 0.6 is 0 Å². The van der Waals surface area contributed by atoms with Crippen molar-refractivity contribution >= 4 is 23.6 Å². The van der Waals surface area contributed by atoms with Crippen LogP contribution in [0.15, 0.2) is 24.3 Å². The van der Waals surface area contributed by atoms with Crippen LogP contribution in [0.25, 0.3) is 0 Å². The molecule has 122 valence electrons. The molecule has 7 heteroatoms. The Kier molecular flexibility index (Phi) is 4.78. The summed E-state index contributed by atoms with van der Waals surface area (Å²) >= 11 is 0. The molecule has 0 bridgehead atoms. The molecular formula is C16H18N2O5. The fourth-order valence-corrected chi connectivity index (χ4v) is 2.26. The minimum atomic E-state index is -0.969. The van der Waals surface area contributed by atoms with E-state index >= 15 is 0 Å². The molecule has 1 fully saturated rings. The Labute approximate surface area is 133 Å². The number of Topliss-reactive ketones (excluding diaryl/α,β-unsaturated/α-hetero) is 1. The molecule has 1 aliphatic heterocycles. The van der Waals surface area contributed by atoms with Crippen LogP contribution in [-0.2, 0) is 9.59 Å². The molecule has 1 aliphatic rings. The van der Waals surface area contributed by atoms with E-state index in [4.69, 9.17) is 4.74 Å². The molecule has 0 atom stereocenters. The van der Waals surface area contributed by atoms with Gasteiger partial charge in [0, 0.05) is 11.6 Å². The van der Waals surface area contributed by atoms with E-state index in [2.05, 4.69) is 0 Å². The van der Waals surface area contributed by atoms with Crippen molar-refractivity contribution in [2.75, 3.05) is 13.2 Å². The Bertz CT molecular complexity index is 651. The molecule has 0 radical (unpaired) electrons. The molecule has 1 aromatic rings. The fourth-order valence-electron chi connectivity index (χ4n) is 2.26. The number of carbonyl (C=O) groups excluding carboxylic acids is 4. The Morgan fingerprint density at radius 2 is 1.70 bits per heavy atom. The lowest BCUT2D eigenvalue weighted by atomic mass is 10.1. The Morgan fingerprint density at radius 1 is 1.09 bits per heavy atom. The first-order valence-electron chi connectivity index (χ1n) is 7.31. The fraction of sp³-hybridized carbons (Fsp3) is 0.375. The van der Waals surface area contributed by atoms with Gasteiger partial charge in [-0.3, -0.25) is 19.3 Å². The van der Waals surface area contributed by atoms with Crippen LogP contribution in [0.2, 0.25) is 0 Å². The van der Waals surface area contributed by atoms with Crippen molar-refractivity contribution in [2.45, 2.75) is 26.8 Å². The van der Waals surface area contributed by atoms with Gasteiger partial charge in [-0.1, -0.05) is 0 Å². The number of hydrogen-bond acceptors (Lipinski definition) is 5. The van der Waals surface area contributed by atoms with E-state index in [1.807, 2.05) is 6.92 Å². The normalized spacial score (nSPS) is 14.9. The van der Waals surface area contributed by atoms with Gasteiger partial charge in [0.2, 0.25) is 0 Å². The molecule has 2 rings (SSSR count). The number of carbonyl (C=O) groups is 4. The number of benzene rings is 1. The lowest BCUT2D eigenvalue weighted by Gasteiger charge is -2.18. The van der Waals surface area contributed by atoms with Crippen LogP contribution in [-0.4, -0.2) is 52.6 Å². The smallest absolute Gasteiger partial charge is 0.334 e. The molecule has 0 aromatic heterocycles. The number of rotatable bonds is 6. The number of imide groups is 2. The highest BCUT2D eigenvalue weighted by molar-refractivity contribution is 6.45. The van der Waals surface area contributed by atoms with Crippen molar-refractivity contribution in [3.63, 3.8) is 0 Å². The number of nitrogens with zero attached hydrogens (tertiary/aromatic N) is 2. The summed E-state index contributed by atoms with van der Waals surface area (Å²) in [4.78, 5) is 49.5. The maximum atomic E-state index is 12.2. The minimum absolute atomic E-state index is 0.337. The molecule has 1 heterocycles. The van der Waals surface area contributed by atoms with Gasteiger partial charge in [-0.05, 0) is 45.0 Å². The van der Waals surface area contributed by atoms with Crippen LogP contribution in [0.3, 0.4) is 0 Å².